The molecule has 1 unspecified atom stereocenters. The number of likely N-dealkylation sites (tertiary alicyclic amines) is 1. The minimum Gasteiger partial charge on any atom is -0.508 e. The Morgan fingerprint density at radius 2 is 1.65 bits per heavy atom. The fourth-order valence-corrected chi connectivity index (χ4v) is 11.2. The molecule has 8 atom stereocenters. The lowest BCUT2D eigenvalue weighted by molar-refractivity contribution is -0.161. The van der Waals surface area contributed by atoms with Gasteiger partial charge in [0.1, 0.15) is 23.1 Å². The van der Waals surface area contributed by atoms with Gasteiger partial charge >= 0.3 is 24.0 Å². The summed E-state index contributed by atoms with van der Waals surface area (Å²) in [5.74, 6) is -5.10. The molecular formula is C50H76N6O13S3. The normalized spacial score (nSPS) is 16.7. The fourth-order valence-electron chi connectivity index (χ4n) is 8.15. The quantitative estimate of drug-likeness (QED) is 0.0128. The number of carboxylic acid groups (broad SMARTS) is 1. The number of carbonyl (C=O) groups is 8. The van der Waals surface area contributed by atoms with Gasteiger partial charge in [0, 0.05) is 67.0 Å². The Morgan fingerprint density at radius 1 is 0.944 bits per heavy atom. The van der Waals surface area contributed by atoms with Gasteiger partial charge in [-0.05, 0) is 75.2 Å². The minimum atomic E-state index is -1.04. The van der Waals surface area contributed by atoms with Crippen LogP contribution in [0.25, 0.3) is 0 Å². The van der Waals surface area contributed by atoms with E-state index in [-0.39, 0.29) is 91.5 Å². The summed E-state index contributed by atoms with van der Waals surface area (Å²) in [5, 5.41) is 23.7. The van der Waals surface area contributed by atoms with E-state index in [0.717, 1.165) is 42.7 Å². The molecule has 3 rings (SSSR count). The van der Waals surface area contributed by atoms with Crippen LogP contribution in [-0.2, 0) is 49.4 Å². The lowest BCUT2D eigenvalue weighted by Gasteiger charge is -2.39. The lowest BCUT2D eigenvalue weighted by atomic mass is 9.82. The summed E-state index contributed by atoms with van der Waals surface area (Å²) in [5.41, 5.74) is 5.31. The first-order valence-electron chi connectivity index (χ1n) is 24.8. The number of carboxylic acids is 1. The molecule has 72 heavy (non-hydrogen) atoms. The number of Topliss-reactive ketones (excluding diaryl/α,β-unsaturated/α-hetero) is 1. The van der Waals surface area contributed by atoms with Crippen molar-refractivity contribution in [1.29, 1.82) is 0 Å². The van der Waals surface area contributed by atoms with E-state index in [9.17, 15) is 43.5 Å². The highest BCUT2D eigenvalue weighted by Crippen LogP contribution is 2.34. The molecule has 0 saturated carbocycles. The van der Waals surface area contributed by atoms with Crippen LogP contribution in [0.2, 0.25) is 0 Å². The highest BCUT2D eigenvalue weighted by Gasteiger charge is 2.40. The maximum absolute atomic E-state index is 14.9. The van der Waals surface area contributed by atoms with Gasteiger partial charge in [-0.15, -0.1) is 11.3 Å². The van der Waals surface area contributed by atoms with E-state index < -0.39 is 71.8 Å². The monoisotopic (exact) mass is 1060 g/mol. The molecule has 0 aliphatic carbocycles. The van der Waals surface area contributed by atoms with Crippen LogP contribution < -0.4 is 16.2 Å². The predicted molar refractivity (Wildman–Crippen MR) is 277 cm³/mol. The number of rotatable bonds is 30. The predicted octanol–water partition coefficient (Wildman–Crippen LogP) is 7.33. The van der Waals surface area contributed by atoms with Crippen molar-refractivity contribution in [3.8, 4) is 5.75 Å². The van der Waals surface area contributed by atoms with Crippen molar-refractivity contribution in [2.24, 2.45) is 29.6 Å². The number of thiazole rings is 1. The average Bonchev–Trinajstić information content (AvgIpc) is 3.84. The standard InChI is InChI=1S/C50H76N6O13S3/c1-10-14-44(60)68-29-56(48(63)38(31(5)11-2)25-42(59)40-15-12-13-20-55(40)9)41(30(3)4)26-43(69-34(8)57)47-52-39(28-70-47)46(62)51-36(24-35-16-18-37(58)19-17-35)23-32(6)45(61)53-54-50(66)67-21-22-71-72-27-33(7)49(64)65/h16-19,28,30-33,36,38,40-41,43,58H,10-15,20-27,29H2,1-9H3,(H,51,62)(H,53,61)(H,54,66)(H,64,65)/t31?,32-,33-,36+,38-,40+,41+,43+/m0/s1. The first-order chi connectivity index (χ1) is 34.1. The third-order valence-electron chi connectivity index (χ3n) is 12.6. The van der Waals surface area contributed by atoms with E-state index in [4.69, 9.17) is 19.3 Å². The number of piperidine rings is 1. The second-order valence-electron chi connectivity index (χ2n) is 18.8. The summed E-state index contributed by atoms with van der Waals surface area (Å²) in [6, 6.07) is 4.75. The van der Waals surface area contributed by atoms with Crippen LogP contribution in [0.5, 0.6) is 5.75 Å². The van der Waals surface area contributed by atoms with Crippen molar-refractivity contribution in [2.45, 2.75) is 144 Å². The number of ketones is 1. The highest BCUT2D eigenvalue weighted by atomic mass is 33.1. The molecule has 0 bridgehead atoms. The van der Waals surface area contributed by atoms with E-state index in [1.54, 1.807) is 26.0 Å². The smallest absolute Gasteiger partial charge is 0.426 e. The lowest BCUT2D eigenvalue weighted by Crippen LogP contribution is -2.50. The van der Waals surface area contributed by atoms with Crippen LogP contribution in [0.1, 0.15) is 140 Å². The van der Waals surface area contributed by atoms with E-state index >= 15 is 0 Å². The van der Waals surface area contributed by atoms with Crippen molar-refractivity contribution in [2.75, 3.05) is 38.4 Å². The number of aromatic nitrogens is 1. The molecule has 1 aromatic heterocycles. The molecule has 22 heteroatoms. The number of hydrogen-bond acceptors (Lipinski definition) is 17. The van der Waals surface area contributed by atoms with Crippen LogP contribution in [-0.4, -0.2) is 129 Å². The second-order valence-corrected chi connectivity index (χ2v) is 22.4. The molecule has 2 aromatic rings. The number of aromatic hydroxyl groups is 1. The molecule has 1 saturated heterocycles. The van der Waals surface area contributed by atoms with Crippen molar-refractivity contribution < 1.29 is 62.8 Å². The summed E-state index contributed by atoms with van der Waals surface area (Å²) in [4.78, 5) is 113. The minimum absolute atomic E-state index is 0.00267. The fraction of sp³-hybridized carbons (Fsp3) is 0.660. The summed E-state index contributed by atoms with van der Waals surface area (Å²) < 4.78 is 16.7. The number of hydrogen-bond donors (Lipinski definition) is 5. The third-order valence-corrected chi connectivity index (χ3v) is 16.1. The van der Waals surface area contributed by atoms with Crippen LogP contribution in [0, 0.1) is 29.6 Å². The highest BCUT2D eigenvalue weighted by molar-refractivity contribution is 8.76. The molecule has 4 amide bonds. The van der Waals surface area contributed by atoms with Gasteiger partial charge in [0.2, 0.25) is 11.8 Å². The third kappa shape index (κ3) is 20.9. The Labute approximate surface area is 435 Å². The maximum Gasteiger partial charge on any atom is 0.426 e. The van der Waals surface area contributed by atoms with Crippen LogP contribution in [0.3, 0.4) is 0 Å². The van der Waals surface area contributed by atoms with Gasteiger partial charge in [0.05, 0.1) is 12.0 Å². The first kappa shape index (κ1) is 61.4. The van der Waals surface area contributed by atoms with Crippen LogP contribution >= 0.6 is 32.9 Å². The van der Waals surface area contributed by atoms with E-state index in [2.05, 4.69) is 26.1 Å². The molecule has 0 radical (unpaired) electrons. The molecule has 1 aliphatic rings. The van der Waals surface area contributed by atoms with Crippen molar-refractivity contribution in [3.05, 3.63) is 45.9 Å². The molecule has 1 aromatic carbocycles. The van der Waals surface area contributed by atoms with Gasteiger partial charge in [0.15, 0.2) is 18.6 Å². The van der Waals surface area contributed by atoms with E-state index in [1.807, 2.05) is 41.7 Å². The molecule has 2 heterocycles. The SMILES string of the molecule is CCCC(=O)OCN(C(=O)[C@@H](CC(=O)[C@H]1CCCCN1C)C(C)CC)[C@H](C[C@@H](OC(C)=O)c1nc(C(=O)N[C@@H](Cc2ccc(O)cc2)C[C@H](C)C(=O)NNC(=O)OCCSSC[C@H](C)C(=O)O)cs1)C(C)C. The largest absolute Gasteiger partial charge is 0.508 e. The zero-order valence-corrected chi connectivity index (χ0v) is 45.6. The van der Waals surface area contributed by atoms with E-state index in [0.29, 0.717) is 24.3 Å². The summed E-state index contributed by atoms with van der Waals surface area (Å²) in [6.07, 6.45) is 2.42. The first-order valence-corrected chi connectivity index (χ1v) is 28.1. The number of ether oxygens (including phenoxy) is 3. The molecule has 1 aliphatic heterocycles. The number of esters is 2. The number of aliphatic carboxylic acids is 1. The number of phenols is 1. The second kappa shape index (κ2) is 31.6. The molecule has 5 N–H and O–H groups in total. The average molecular weight is 1070 g/mol. The number of amides is 4. The molecule has 1 fully saturated rings. The molecule has 19 nitrogen and oxygen atoms in total. The van der Waals surface area contributed by atoms with Crippen molar-refractivity contribution in [1.82, 2.24) is 31.0 Å². The Balaban J connectivity index is 1.83. The number of benzene rings is 1. The molecule has 402 valence electrons. The van der Waals surface area contributed by atoms with Crippen LogP contribution in [0.15, 0.2) is 29.6 Å². The summed E-state index contributed by atoms with van der Waals surface area (Å²) >= 11 is 1.08. The van der Waals surface area contributed by atoms with Gasteiger partial charge in [0.25, 0.3) is 5.91 Å². The number of likely N-dealkylation sites (N-methyl/N-ethyl adjacent to an activating group) is 1. The number of nitrogens with one attached hydrogen (secondary N) is 3. The zero-order valence-electron chi connectivity index (χ0n) is 43.1. The van der Waals surface area contributed by atoms with E-state index in [1.165, 1.54) is 50.9 Å². The van der Waals surface area contributed by atoms with Crippen molar-refractivity contribution in [3.63, 3.8) is 0 Å². The Bertz CT molecular complexity index is 2090. The Kier molecular flexibility index (Phi) is 26.9. The number of hydrazine groups is 1. The number of nitrogens with zero attached hydrogens (tertiary/aromatic N) is 3. The van der Waals surface area contributed by atoms with Crippen LogP contribution in [0.4, 0.5) is 4.79 Å². The summed E-state index contributed by atoms with van der Waals surface area (Å²) in [6.45, 7) is 14.5. The van der Waals surface area contributed by atoms with Gasteiger partial charge < -0.3 is 34.6 Å². The topological polar surface area (TPSA) is 260 Å². The Hall–Kier alpha value is -4.93. The summed E-state index contributed by atoms with van der Waals surface area (Å²) in [7, 11) is 4.63. The van der Waals surface area contributed by atoms with Crippen molar-refractivity contribution >= 4 is 80.4 Å². The zero-order chi connectivity index (χ0) is 53.5. The van der Waals surface area contributed by atoms with Gasteiger partial charge in [-0.1, -0.05) is 95.0 Å². The molecule has 0 spiro atoms. The molecular weight excluding hydrogens is 989 g/mol. The van der Waals surface area contributed by atoms with Gasteiger partial charge in [-0.3, -0.25) is 43.9 Å². The van der Waals surface area contributed by atoms with Gasteiger partial charge in [-0.25, -0.2) is 15.2 Å². The number of carbonyl (C=O) groups excluding carboxylic acids is 7. The maximum atomic E-state index is 14.9. The van der Waals surface area contributed by atoms with Gasteiger partial charge in [-0.2, -0.15) is 0 Å². The number of phenolic OH excluding ortho intramolecular Hbond substituents is 1. The Morgan fingerprint density at radius 3 is 2.28 bits per heavy atom.